The van der Waals surface area contributed by atoms with Crippen molar-refractivity contribution >= 4 is 31.2 Å². The summed E-state index contributed by atoms with van der Waals surface area (Å²) in [6, 6.07) is 0. The smallest absolute Gasteiger partial charge is 0.225 e. The van der Waals surface area contributed by atoms with Gasteiger partial charge >= 0.3 is 0 Å². The minimum absolute atomic E-state index is 0.288. The minimum atomic E-state index is -0.499. The Morgan fingerprint density at radius 2 is 1.91 bits per heavy atom. The summed E-state index contributed by atoms with van der Waals surface area (Å²) in [7, 11) is 0. The molecule has 0 heterocycles. The van der Waals surface area contributed by atoms with E-state index in [1.165, 1.54) is 0 Å². The quantitative estimate of drug-likeness (QED) is 0.563. The Bertz CT molecular complexity index is 134. The van der Waals surface area contributed by atoms with Crippen LogP contribution >= 0.6 is 25.3 Å². The Morgan fingerprint density at radius 3 is 2.00 bits per heavy atom. The number of primary amides is 1. The van der Waals surface area contributed by atoms with Crippen molar-refractivity contribution < 1.29 is 4.79 Å². The molecule has 0 aromatic rings. The van der Waals surface area contributed by atoms with Crippen LogP contribution in [-0.2, 0) is 4.79 Å². The van der Waals surface area contributed by atoms with E-state index in [0.29, 0.717) is 11.5 Å². The standard InChI is InChI=1S/C7H15NOS2/c1-2-3-7(4-10,5-11)6(8)9/h10-11H,2-5H2,1H3,(H2,8,9). The van der Waals surface area contributed by atoms with E-state index in [4.69, 9.17) is 5.73 Å². The summed E-state index contributed by atoms with van der Waals surface area (Å²) in [5, 5.41) is 0. The minimum Gasteiger partial charge on any atom is -0.369 e. The lowest BCUT2D eigenvalue weighted by Gasteiger charge is -2.25. The second-order valence-electron chi connectivity index (χ2n) is 2.71. The third kappa shape index (κ3) is 2.60. The van der Waals surface area contributed by atoms with E-state index in [2.05, 4.69) is 25.3 Å². The van der Waals surface area contributed by atoms with E-state index in [9.17, 15) is 4.79 Å². The van der Waals surface area contributed by atoms with Crippen LogP contribution in [0.5, 0.6) is 0 Å². The maximum Gasteiger partial charge on any atom is 0.225 e. The lowest BCUT2D eigenvalue weighted by atomic mass is 9.87. The van der Waals surface area contributed by atoms with Gasteiger partial charge < -0.3 is 5.73 Å². The summed E-state index contributed by atoms with van der Waals surface area (Å²) in [6.07, 6.45) is 1.71. The number of amides is 1. The zero-order valence-electron chi connectivity index (χ0n) is 6.71. The van der Waals surface area contributed by atoms with Crippen molar-refractivity contribution in [1.82, 2.24) is 0 Å². The fraction of sp³-hybridized carbons (Fsp3) is 0.857. The predicted octanol–water partition coefficient (Wildman–Crippen LogP) is 1.12. The summed E-state index contributed by atoms with van der Waals surface area (Å²) < 4.78 is 0. The lowest BCUT2D eigenvalue weighted by Crippen LogP contribution is -2.40. The molecule has 0 radical (unpaired) electrons. The highest BCUT2D eigenvalue weighted by Crippen LogP contribution is 2.26. The number of thiol groups is 2. The fourth-order valence-electron chi connectivity index (χ4n) is 0.966. The number of carbonyl (C=O) groups is 1. The first kappa shape index (κ1) is 11.2. The van der Waals surface area contributed by atoms with Crippen molar-refractivity contribution in [2.24, 2.45) is 11.1 Å². The maximum atomic E-state index is 11.0. The molecule has 0 aromatic heterocycles. The van der Waals surface area contributed by atoms with Crippen molar-refractivity contribution in [3.63, 3.8) is 0 Å². The zero-order valence-corrected chi connectivity index (χ0v) is 8.50. The van der Waals surface area contributed by atoms with Crippen LogP contribution in [0.2, 0.25) is 0 Å². The van der Waals surface area contributed by atoms with Gasteiger partial charge in [0.2, 0.25) is 5.91 Å². The van der Waals surface area contributed by atoms with E-state index in [0.717, 1.165) is 12.8 Å². The molecule has 0 atom stereocenters. The second kappa shape index (κ2) is 4.93. The van der Waals surface area contributed by atoms with Gasteiger partial charge in [-0.15, -0.1) is 0 Å². The summed E-state index contributed by atoms with van der Waals surface area (Å²) >= 11 is 8.21. The first-order valence-corrected chi connectivity index (χ1v) is 4.91. The second-order valence-corrected chi connectivity index (χ2v) is 3.34. The maximum absolute atomic E-state index is 11.0. The van der Waals surface area contributed by atoms with Gasteiger partial charge in [0, 0.05) is 11.5 Å². The van der Waals surface area contributed by atoms with Gasteiger partial charge in [-0.25, -0.2) is 0 Å². The summed E-state index contributed by atoms with van der Waals surface area (Å²) in [5.41, 5.74) is 4.74. The van der Waals surface area contributed by atoms with Crippen LogP contribution < -0.4 is 5.73 Å². The Balaban J connectivity index is 4.32. The molecular weight excluding hydrogens is 178 g/mol. The van der Waals surface area contributed by atoms with Gasteiger partial charge in [0.15, 0.2) is 0 Å². The van der Waals surface area contributed by atoms with E-state index in [1.807, 2.05) is 6.92 Å². The molecule has 2 N–H and O–H groups in total. The monoisotopic (exact) mass is 193 g/mol. The first-order valence-electron chi connectivity index (χ1n) is 3.64. The zero-order chi connectivity index (χ0) is 8.91. The molecule has 0 bridgehead atoms. The highest BCUT2D eigenvalue weighted by Gasteiger charge is 2.32. The summed E-state index contributed by atoms with van der Waals surface area (Å²) in [6.45, 7) is 2.02. The Hall–Kier alpha value is 0.170. The number of hydrogen-bond donors (Lipinski definition) is 3. The topological polar surface area (TPSA) is 43.1 Å². The summed E-state index contributed by atoms with van der Waals surface area (Å²) in [4.78, 5) is 11.0. The van der Waals surface area contributed by atoms with Crippen LogP contribution in [0.4, 0.5) is 0 Å². The molecule has 0 unspecified atom stereocenters. The molecule has 0 saturated carbocycles. The molecule has 2 nitrogen and oxygen atoms in total. The molecule has 0 aliphatic carbocycles. The van der Waals surface area contributed by atoms with Crippen LogP contribution in [-0.4, -0.2) is 17.4 Å². The van der Waals surface area contributed by atoms with E-state index >= 15 is 0 Å². The largest absolute Gasteiger partial charge is 0.369 e. The molecule has 0 rings (SSSR count). The Kier molecular flexibility index (Phi) is 5.01. The van der Waals surface area contributed by atoms with Gasteiger partial charge in [0.25, 0.3) is 0 Å². The Morgan fingerprint density at radius 1 is 1.45 bits per heavy atom. The third-order valence-corrected chi connectivity index (χ3v) is 3.07. The number of nitrogens with two attached hydrogens (primary N) is 1. The van der Waals surface area contributed by atoms with Crippen molar-refractivity contribution in [3.05, 3.63) is 0 Å². The van der Waals surface area contributed by atoms with Gasteiger partial charge in [-0.2, -0.15) is 25.3 Å². The molecule has 0 fully saturated rings. The third-order valence-electron chi connectivity index (χ3n) is 1.86. The Labute approximate surface area is 78.7 Å². The van der Waals surface area contributed by atoms with Crippen molar-refractivity contribution in [3.8, 4) is 0 Å². The van der Waals surface area contributed by atoms with E-state index in [-0.39, 0.29) is 5.91 Å². The van der Waals surface area contributed by atoms with Crippen molar-refractivity contribution in [1.29, 1.82) is 0 Å². The summed E-state index contributed by atoms with van der Waals surface area (Å²) in [5.74, 6) is 0.684. The molecule has 11 heavy (non-hydrogen) atoms. The molecule has 4 heteroatoms. The highest BCUT2D eigenvalue weighted by molar-refractivity contribution is 7.81. The van der Waals surface area contributed by atoms with Gasteiger partial charge in [-0.05, 0) is 6.42 Å². The molecule has 0 spiro atoms. The van der Waals surface area contributed by atoms with Crippen LogP contribution in [0.25, 0.3) is 0 Å². The normalized spacial score (nSPS) is 11.5. The van der Waals surface area contributed by atoms with Crippen molar-refractivity contribution in [2.45, 2.75) is 19.8 Å². The van der Waals surface area contributed by atoms with Gasteiger partial charge in [0.1, 0.15) is 0 Å². The molecule has 0 aliphatic rings. The van der Waals surface area contributed by atoms with Gasteiger partial charge in [-0.3, -0.25) is 4.79 Å². The molecule has 66 valence electrons. The highest BCUT2D eigenvalue weighted by atomic mass is 32.1. The molecular formula is C7H15NOS2. The molecule has 0 saturated heterocycles. The average molecular weight is 193 g/mol. The van der Waals surface area contributed by atoms with Gasteiger partial charge in [0.05, 0.1) is 5.41 Å². The van der Waals surface area contributed by atoms with Gasteiger partial charge in [-0.1, -0.05) is 13.3 Å². The van der Waals surface area contributed by atoms with Crippen LogP contribution in [0.1, 0.15) is 19.8 Å². The van der Waals surface area contributed by atoms with E-state index in [1.54, 1.807) is 0 Å². The molecule has 1 amide bonds. The van der Waals surface area contributed by atoms with Crippen LogP contribution in [0.15, 0.2) is 0 Å². The predicted molar refractivity (Wildman–Crippen MR) is 54.2 cm³/mol. The lowest BCUT2D eigenvalue weighted by molar-refractivity contribution is -0.125. The van der Waals surface area contributed by atoms with Crippen molar-refractivity contribution in [2.75, 3.05) is 11.5 Å². The number of hydrogen-bond acceptors (Lipinski definition) is 3. The SMILES string of the molecule is CCCC(CS)(CS)C(N)=O. The van der Waals surface area contributed by atoms with E-state index < -0.39 is 5.41 Å². The fourth-order valence-corrected chi connectivity index (χ4v) is 1.99. The molecule has 0 aromatic carbocycles. The van der Waals surface area contributed by atoms with Crippen LogP contribution in [0, 0.1) is 5.41 Å². The number of rotatable bonds is 5. The average Bonchev–Trinajstić information content (AvgIpc) is 2.00. The van der Waals surface area contributed by atoms with Crippen LogP contribution in [0.3, 0.4) is 0 Å². The first-order chi connectivity index (χ1) is 5.13. The molecule has 0 aliphatic heterocycles. The number of carbonyl (C=O) groups excluding carboxylic acids is 1.